The van der Waals surface area contributed by atoms with E-state index in [4.69, 9.17) is 9.47 Å². The minimum Gasteiger partial charge on any atom is -0.497 e. The van der Waals surface area contributed by atoms with Crippen LogP contribution in [0.1, 0.15) is 52.2 Å². The van der Waals surface area contributed by atoms with E-state index in [0.29, 0.717) is 17.9 Å². The van der Waals surface area contributed by atoms with Gasteiger partial charge in [-0.2, -0.15) is 0 Å². The monoisotopic (exact) mass is 440 g/mol. The number of hydrogen-bond donors (Lipinski definition) is 1. The predicted molar refractivity (Wildman–Crippen MR) is 127 cm³/mol. The standard InChI is InChI=1S/C26H36N2O4/c1-7-19-12-14-21(15-13-19)32-18-24(29)28(17-20-10-9-11-22(16-20)31-6)23(8-2)25(30)27-26(3,4)5/h9-16,23H,7-8,17-18H2,1-6H3,(H,27,30). The predicted octanol–water partition coefficient (Wildman–Crippen LogP) is 4.36. The highest BCUT2D eigenvalue weighted by atomic mass is 16.5. The molecule has 0 aliphatic heterocycles. The summed E-state index contributed by atoms with van der Waals surface area (Å²) in [5, 5.41) is 3.00. The van der Waals surface area contributed by atoms with Crippen molar-refractivity contribution in [3.8, 4) is 11.5 Å². The van der Waals surface area contributed by atoms with Crippen LogP contribution in [0.2, 0.25) is 0 Å². The lowest BCUT2D eigenvalue weighted by atomic mass is 10.1. The van der Waals surface area contributed by atoms with Crippen molar-refractivity contribution in [2.45, 2.75) is 65.6 Å². The summed E-state index contributed by atoms with van der Waals surface area (Å²) in [6.45, 7) is 9.91. The number of amides is 2. The molecule has 174 valence electrons. The van der Waals surface area contributed by atoms with Crippen molar-refractivity contribution in [3.63, 3.8) is 0 Å². The van der Waals surface area contributed by atoms with E-state index in [1.807, 2.05) is 76.2 Å². The first-order valence-corrected chi connectivity index (χ1v) is 11.1. The highest BCUT2D eigenvalue weighted by Crippen LogP contribution is 2.19. The van der Waals surface area contributed by atoms with Crippen LogP contribution < -0.4 is 14.8 Å². The molecule has 0 fully saturated rings. The van der Waals surface area contributed by atoms with Crippen molar-refractivity contribution < 1.29 is 19.1 Å². The van der Waals surface area contributed by atoms with Crippen LogP contribution in [0.3, 0.4) is 0 Å². The molecule has 6 nitrogen and oxygen atoms in total. The van der Waals surface area contributed by atoms with E-state index in [9.17, 15) is 9.59 Å². The Bertz CT molecular complexity index is 887. The molecular weight excluding hydrogens is 404 g/mol. The van der Waals surface area contributed by atoms with Crippen LogP contribution in [0.25, 0.3) is 0 Å². The van der Waals surface area contributed by atoms with Crippen LogP contribution in [0.4, 0.5) is 0 Å². The molecule has 0 spiro atoms. The Morgan fingerprint density at radius 2 is 1.69 bits per heavy atom. The Hall–Kier alpha value is -3.02. The number of carbonyl (C=O) groups is 2. The molecule has 6 heteroatoms. The van der Waals surface area contributed by atoms with Crippen molar-refractivity contribution in [2.75, 3.05) is 13.7 Å². The molecule has 0 saturated carbocycles. The van der Waals surface area contributed by atoms with Gasteiger partial charge in [-0.3, -0.25) is 9.59 Å². The summed E-state index contributed by atoms with van der Waals surface area (Å²) in [5.74, 6) is 0.908. The average Bonchev–Trinajstić information content (AvgIpc) is 2.76. The Morgan fingerprint density at radius 3 is 2.25 bits per heavy atom. The fourth-order valence-corrected chi connectivity index (χ4v) is 3.39. The van der Waals surface area contributed by atoms with Crippen LogP contribution in [-0.4, -0.2) is 42.0 Å². The van der Waals surface area contributed by atoms with Gasteiger partial charge in [-0.15, -0.1) is 0 Å². The normalized spacial score (nSPS) is 12.1. The number of carbonyl (C=O) groups excluding carboxylic acids is 2. The van der Waals surface area contributed by atoms with Gasteiger partial charge in [0.1, 0.15) is 17.5 Å². The first-order chi connectivity index (χ1) is 15.2. The van der Waals surface area contributed by atoms with Crippen LogP contribution in [0.5, 0.6) is 11.5 Å². The van der Waals surface area contributed by atoms with Crippen LogP contribution >= 0.6 is 0 Å². The van der Waals surface area contributed by atoms with E-state index in [1.54, 1.807) is 12.0 Å². The second-order valence-corrected chi connectivity index (χ2v) is 8.82. The van der Waals surface area contributed by atoms with E-state index in [-0.39, 0.29) is 25.0 Å². The van der Waals surface area contributed by atoms with Gasteiger partial charge in [0.15, 0.2) is 6.61 Å². The van der Waals surface area contributed by atoms with Crippen molar-refractivity contribution in [3.05, 3.63) is 59.7 Å². The van der Waals surface area contributed by atoms with Crippen molar-refractivity contribution in [1.82, 2.24) is 10.2 Å². The zero-order valence-electron chi connectivity index (χ0n) is 20.1. The second kappa shape index (κ2) is 11.6. The zero-order chi connectivity index (χ0) is 23.7. The maximum Gasteiger partial charge on any atom is 0.261 e. The smallest absolute Gasteiger partial charge is 0.261 e. The summed E-state index contributed by atoms with van der Waals surface area (Å²) in [6.07, 6.45) is 1.43. The van der Waals surface area contributed by atoms with E-state index in [1.165, 1.54) is 5.56 Å². The third-order valence-corrected chi connectivity index (χ3v) is 5.07. The van der Waals surface area contributed by atoms with Crippen LogP contribution in [0.15, 0.2) is 48.5 Å². The fourth-order valence-electron chi connectivity index (χ4n) is 3.39. The molecule has 0 bridgehead atoms. The Morgan fingerprint density at radius 1 is 1.00 bits per heavy atom. The maximum atomic E-state index is 13.3. The molecule has 0 saturated heterocycles. The fraction of sp³-hybridized carbons (Fsp3) is 0.462. The largest absolute Gasteiger partial charge is 0.497 e. The number of nitrogens with one attached hydrogen (secondary N) is 1. The Balaban J connectivity index is 2.23. The van der Waals surface area contributed by atoms with Gasteiger partial charge < -0.3 is 19.7 Å². The van der Waals surface area contributed by atoms with Gasteiger partial charge in [-0.1, -0.05) is 38.1 Å². The molecule has 0 aliphatic rings. The van der Waals surface area contributed by atoms with Crippen LogP contribution in [0, 0.1) is 0 Å². The van der Waals surface area contributed by atoms with E-state index < -0.39 is 11.6 Å². The van der Waals surface area contributed by atoms with E-state index in [2.05, 4.69) is 12.2 Å². The lowest BCUT2D eigenvalue weighted by molar-refractivity contribution is -0.143. The molecule has 2 aromatic carbocycles. The Labute approximate surface area is 191 Å². The van der Waals surface area contributed by atoms with Gasteiger partial charge in [0.2, 0.25) is 5.91 Å². The number of ether oxygens (including phenoxy) is 2. The van der Waals surface area contributed by atoms with Gasteiger partial charge >= 0.3 is 0 Å². The first-order valence-electron chi connectivity index (χ1n) is 11.1. The number of aryl methyl sites for hydroxylation is 1. The van der Waals surface area contributed by atoms with Gasteiger partial charge in [0, 0.05) is 12.1 Å². The summed E-state index contributed by atoms with van der Waals surface area (Å²) < 4.78 is 11.1. The minimum absolute atomic E-state index is 0.144. The molecule has 2 rings (SSSR count). The van der Waals surface area contributed by atoms with Crippen molar-refractivity contribution in [2.24, 2.45) is 0 Å². The van der Waals surface area contributed by atoms with Gasteiger partial charge in [0.05, 0.1) is 7.11 Å². The molecule has 0 aliphatic carbocycles. The molecule has 32 heavy (non-hydrogen) atoms. The summed E-state index contributed by atoms with van der Waals surface area (Å²) >= 11 is 0. The SMILES string of the molecule is CCc1ccc(OCC(=O)N(Cc2cccc(OC)c2)C(CC)C(=O)NC(C)(C)C)cc1. The summed E-state index contributed by atoms with van der Waals surface area (Å²) in [4.78, 5) is 27.9. The Kier molecular flexibility index (Phi) is 9.12. The topological polar surface area (TPSA) is 67.9 Å². The summed E-state index contributed by atoms with van der Waals surface area (Å²) in [7, 11) is 1.60. The minimum atomic E-state index is -0.612. The number of benzene rings is 2. The van der Waals surface area contributed by atoms with E-state index in [0.717, 1.165) is 12.0 Å². The highest BCUT2D eigenvalue weighted by molar-refractivity contribution is 5.88. The van der Waals surface area contributed by atoms with Gasteiger partial charge in [0.25, 0.3) is 5.91 Å². The number of nitrogens with zero attached hydrogens (tertiary/aromatic N) is 1. The number of methoxy groups -OCH3 is 1. The molecule has 1 unspecified atom stereocenters. The third kappa shape index (κ3) is 7.59. The first kappa shape index (κ1) is 25.2. The average molecular weight is 441 g/mol. The van der Waals surface area contributed by atoms with Gasteiger partial charge in [-0.25, -0.2) is 0 Å². The molecule has 1 N–H and O–H groups in total. The van der Waals surface area contributed by atoms with E-state index >= 15 is 0 Å². The molecule has 0 radical (unpaired) electrons. The molecular formula is C26H36N2O4. The highest BCUT2D eigenvalue weighted by Gasteiger charge is 2.31. The van der Waals surface area contributed by atoms with Crippen LogP contribution in [-0.2, 0) is 22.6 Å². The molecule has 0 heterocycles. The number of rotatable bonds is 10. The quantitative estimate of drug-likeness (QED) is 0.596. The summed E-state index contributed by atoms with van der Waals surface area (Å²) in [6, 6.07) is 14.6. The second-order valence-electron chi connectivity index (χ2n) is 8.82. The van der Waals surface area contributed by atoms with Crippen molar-refractivity contribution in [1.29, 1.82) is 0 Å². The lowest BCUT2D eigenvalue weighted by Crippen LogP contribution is -2.54. The van der Waals surface area contributed by atoms with Crippen molar-refractivity contribution >= 4 is 11.8 Å². The zero-order valence-corrected chi connectivity index (χ0v) is 20.1. The summed E-state index contributed by atoms with van der Waals surface area (Å²) in [5.41, 5.74) is 1.69. The lowest BCUT2D eigenvalue weighted by Gasteiger charge is -2.33. The maximum absolute atomic E-state index is 13.3. The van der Waals surface area contributed by atoms with Gasteiger partial charge in [-0.05, 0) is 69.0 Å². The molecule has 2 amide bonds. The molecule has 0 aromatic heterocycles. The number of hydrogen-bond acceptors (Lipinski definition) is 4. The molecule has 2 aromatic rings. The molecule has 1 atom stereocenters. The third-order valence-electron chi connectivity index (χ3n) is 5.07.